The maximum absolute atomic E-state index is 5.43. The van der Waals surface area contributed by atoms with Crippen molar-refractivity contribution in [3.05, 3.63) is 47.4 Å². The lowest BCUT2D eigenvalue weighted by atomic mass is 9.98. The van der Waals surface area contributed by atoms with E-state index in [1.165, 1.54) is 11.3 Å². The van der Waals surface area contributed by atoms with E-state index in [2.05, 4.69) is 23.5 Å². The number of methoxy groups -OCH3 is 2. The van der Waals surface area contributed by atoms with Crippen molar-refractivity contribution in [1.29, 1.82) is 0 Å². The summed E-state index contributed by atoms with van der Waals surface area (Å²) < 4.78 is 10.8. The van der Waals surface area contributed by atoms with E-state index in [9.17, 15) is 0 Å². The second-order valence-corrected chi connectivity index (χ2v) is 5.60. The molecule has 0 saturated heterocycles. The van der Waals surface area contributed by atoms with Gasteiger partial charge in [0.05, 0.1) is 19.9 Å². The molecule has 1 N–H and O–H groups in total. The zero-order valence-corrected chi connectivity index (χ0v) is 14.1. The first-order valence-corrected chi connectivity index (χ1v) is 7.79. The Labute approximate surface area is 136 Å². The van der Waals surface area contributed by atoms with Crippen LogP contribution >= 0.6 is 0 Å². The van der Waals surface area contributed by atoms with Crippen molar-refractivity contribution in [3.63, 3.8) is 0 Å². The van der Waals surface area contributed by atoms with Gasteiger partial charge in [0.1, 0.15) is 0 Å². The van der Waals surface area contributed by atoms with Gasteiger partial charge in [-0.25, -0.2) is 0 Å². The van der Waals surface area contributed by atoms with Crippen molar-refractivity contribution in [2.45, 2.75) is 19.8 Å². The Bertz CT molecular complexity index is 807. The molecule has 1 aromatic heterocycles. The Morgan fingerprint density at radius 2 is 1.83 bits per heavy atom. The van der Waals surface area contributed by atoms with Crippen LogP contribution < -0.4 is 14.8 Å². The van der Waals surface area contributed by atoms with E-state index in [0.29, 0.717) is 0 Å². The summed E-state index contributed by atoms with van der Waals surface area (Å²) in [6.45, 7) is 2.03. The van der Waals surface area contributed by atoms with Gasteiger partial charge in [0, 0.05) is 29.4 Å². The van der Waals surface area contributed by atoms with E-state index in [-0.39, 0.29) is 0 Å². The van der Waals surface area contributed by atoms with E-state index >= 15 is 0 Å². The van der Waals surface area contributed by atoms with Gasteiger partial charge in [-0.3, -0.25) is 4.98 Å². The molecule has 0 atom stereocenters. The lowest BCUT2D eigenvalue weighted by Gasteiger charge is -2.17. The van der Waals surface area contributed by atoms with Gasteiger partial charge in [0.15, 0.2) is 11.5 Å². The number of nitrogens with zero attached hydrogens (tertiary/aromatic N) is 1. The second kappa shape index (κ2) is 6.32. The number of fused-ring (bicyclic) bond motifs is 1. The van der Waals surface area contributed by atoms with Crippen molar-refractivity contribution >= 4 is 16.3 Å². The number of hydrogen-bond donors (Lipinski definition) is 1. The summed E-state index contributed by atoms with van der Waals surface area (Å²) in [5.41, 5.74) is 4.38. The lowest BCUT2D eigenvalue weighted by Crippen LogP contribution is -2.11. The molecule has 0 spiro atoms. The van der Waals surface area contributed by atoms with Crippen LogP contribution in [-0.4, -0.2) is 26.3 Å². The molecule has 0 fully saturated rings. The van der Waals surface area contributed by atoms with Crippen LogP contribution in [0.25, 0.3) is 16.3 Å². The van der Waals surface area contributed by atoms with Gasteiger partial charge >= 0.3 is 0 Å². The summed E-state index contributed by atoms with van der Waals surface area (Å²) in [6.07, 6.45) is 6.44. The quantitative estimate of drug-likeness (QED) is 0.932. The van der Waals surface area contributed by atoms with E-state index < -0.39 is 0 Å². The van der Waals surface area contributed by atoms with Gasteiger partial charge in [-0.05, 0) is 43.4 Å². The van der Waals surface area contributed by atoms with Gasteiger partial charge in [0.2, 0.25) is 0 Å². The van der Waals surface area contributed by atoms with Crippen LogP contribution in [0.4, 0.5) is 0 Å². The van der Waals surface area contributed by atoms with Gasteiger partial charge < -0.3 is 14.8 Å². The van der Waals surface area contributed by atoms with Gasteiger partial charge in [0.25, 0.3) is 0 Å². The predicted octanol–water partition coefficient (Wildman–Crippen LogP) is 3.84. The molecule has 1 aliphatic carbocycles. The third-order valence-corrected chi connectivity index (χ3v) is 4.27. The third-order valence-electron chi connectivity index (χ3n) is 4.27. The van der Waals surface area contributed by atoms with Crippen molar-refractivity contribution in [2.24, 2.45) is 0 Å². The number of aromatic nitrogens is 1. The van der Waals surface area contributed by atoms with Gasteiger partial charge in [-0.2, -0.15) is 0 Å². The number of allylic oxidation sites excluding steroid dienone is 4. The molecule has 2 aromatic rings. The van der Waals surface area contributed by atoms with Gasteiger partial charge in [-0.1, -0.05) is 12.2 Å². The van der Waals surface area contributed by atoms with Crippen molar-refractivity contribution < 1.29 is 9.47 Å². The zero-order chi connectivity index (χ0) is 16.4. The van der Waals surface area contributed by atoms with Gasteiger partial charge in [-0.15, -0.1) is 0 Å². The first kappa shape index (κ1) is 15.4. The van der Waals surface area contributed by atoms with E-state index in [1.807, 2.05) is 26.1 Å². The van der Waals surface area contributed by atoms with E-state index in [1.54, 1.807) is 14.2 Å². The molecule has 23 heavy (non-hydrogen) atoms. The molecule has 1 aliphatic rings. The monoisotopic (exact) mass is 310 g/mol. The maximum atomic E-state index is 5.43. The molecule has 1 aromatic carbocycles. The Balaban J connectivity index is 2.21. The van der Waals surface area contributed by atoms with Crippen LogP contribution in [0.2, 0.25) is 0 Å². The van der Waals surface area contributed by atoms with E-state index in [4.69, 9.17) is 14.5 Å². The summed E-state index contributed by atoms with van der Waals surface area (Å²) in [6, 6.07) is 6.12. The highest BCUT2D eigenvalue weighted by Crippen LogP contribution is 2.35. The molecule has 0 amide bonds. The number of aryl methyl sites for hydroxylation is 1. The average Bonchev–Trinajstić information content (AvgIpc) is 2.60. The Morgan fingerprint density at radius 3 is 2.52 bits per heavy atom. The largest absolute Gasteiger partial charge is 0.493 e. The molecule has 0 saturated carbocycles. The lowest BCUT2D eigenvalue weighted by molar-refractivity contribution is 0.356. The molecule has 0 aliphatic heterocycles. The average molecular weight is 310 g/mol. The van der Waals surface area contributed by atoms with Crippen LogP contribution in [0.3, 0.4) is 0 Å². The first-order chi connectivity index (χ1) is 11.2. The fourth-order valence-electron chi connectivity index (χ4n) is 3.05. The highest BCUT2D eigenvalue weighted by atomic mass is 16.5. The smallest absolute Gasteiger partial charge is 0.161 e. The van der Waals surface area contributed by atoms with E-state index in [0.717, 1.165) is 46.5 Å². The Morgan fingerprint density at radius 1 is 1.09 bits per heavy atom. The molecule has 0 bridgehead atoms. The summed E-state index contributed by atoms with van der Waals surface area (Å²) in [7, 11) is 5.28. The molecule has 3 rings (SSSR count). The normalized spacial score (nSPS) is 14.3. The summed E-state index contributed by atoms with van der Waals surface area (Å²) >= 11 is 0. The van der Waals surface area contributed by atoms with Crippen molar-refractivity contribution in [2.75, 3.05) is 21.3 Å². The number of benzene rings is 1. The first-order valence-electron chi connectivity index (χ1n) is 7.79. The minimum Gasteiger partial charge on any atom is -0.493 e. The summed E-state index contributed by atoms with van der Waals surface area (Å²) in [5.74, 6) is 1.46. The number of nitrogens with one attached hydrogen (secondary N) is 1. The van der Waals surface area contributed by atoms with Crippen LogP contribution in [0, 0.1) is 6.92 Å². The van der Waals surface area contributed by atoms with Crippen molar-refractivity contribution in [3.8, 4) is 11.5 Å². The minimum atomic E-state index is 0.727. The highest BCUT2D eigenvalue weighted by Gasteiger charge is 2.14. The van der Waals surface area contributed by atoms with Crippen LogP contribution in [0.1, 0.15) is 24.2 Å². The summed E-state index contributed by atoms with van der Waals surface area (Å²) in [5, 5.41) is 5.49. The fraction of sp³-hybridized carbons (Fsp3) is 0.316. The molecule has 4 nitrogen and oxygen atoms in total. The molecule has 1 heterocycles. The second-order valence-electron chi connectivity index (χ2n) is 5.60. The number of hydrogen-bond acceptors (Lipinski definition) is 4. The topological polar surface area (TPSA) is 43.4 Å². The fourth-order valence-corrected chi connectivity index (χ4v) is 3.05. The molecule has 0 unspecified atom stereocenters. The van der Waals surface area contributed by atoms with Crippen molar-refractivity contribution in [1.82, 2.24) is 10.3 Å². The Kier molecular flexibility index (Phi) is 4.24. The zero-order valence-electron chi connectivity index (χ0n) is 14.1. The molecule has 4 heteroatoms. The SMILES string of the molecule is CNC1=C(c2cc3cc(OC)c(OC)cc3c(C)n2)C=CCC1. The van der Waals surface area contributed by atoms with Crippen LogP contribution in [0.5, 0.6) is 11.5 Å². The number of rotatable bonds is 4. The van der Waals surface area contributed by atoms with Crippen LogP contribution in [-0.2, 0) is 0 Å². The van der Waals surface area contributed by atoms with Crippen LogP contribution in [0.15, 0.2) is 36.0 Å². The molecule has 0 radical (unpaired) electrons. The maximum Gasteiger partial charge on any atom is 0.161 e. The summed E-state index contributed by atoms with van der Waals surface area (Å²) in [4.78, 5) is 4.81. The number of ether oxygens (including phenoxy) is 2. The Hall–Kier alpha value is -2.49. The highest BCUT2D eigenvalue weighted by molar-refractivity contribution is 5.91. The molecule has 120 valence electrons. The third kappa shape index (κ3) is 2.77. The predicted molar refractivity (Wildman–Crippen MR) is 93.9 cm³/mol. The number of pyridine rings is 1. The minimum absolute atomic E-state index is 0.727. The molecular weight excluding hydrogens is 288 g/mol. The molecular formula is C19H22N2O2. The standard InChI is InChI=1S/C19H22N2O2/c1-12-15-11-19(23-4)18(22-3)10-13(15)9-17(21-12)14-7-5-6-8-16(14)20-2/h5,7,9-11,20H,6,8H2,1-4H3.